The summed E-state index contributed by atoms with van der Waals surface area (Å²) in [6.45, 7) is 0.154. The van der Waals surface area contributed by atoms with Gasteiger partial charge in [0.15, 0.2) is 17.2 Å². The lowest BCUT2D eigenvalue weighted by Gasteiger charge is -2.09. The van der Waals surface area contributed by atoms with Crippen molar-refractivity contribution >= 4 is 16.9 Å². The molecule has 2 rings (SSSR count). The molecule has 1 aromatic carbocycles. The number of carbonyl (C=O) groups is 1. The third-order valence-corrected chi connectivity index (χ3v) is 2.58. The first-order valence-corrected chi connectivity index (χ1v) is 5.75. The Morgan fingerprint density at radius 3 is 3.05 bits per heavy atom. The minimum atomic E-state index is -0.796. The predicted octanol–water partition coefficient (Wildman–Crippen LogP) is 1.31. The van der Waals surface area contributed by atoms with Crippen LogP contribution in [0.1, 0.15) is 10.6 Å². The second-order valence-electron chi connectivity index (χ2n) is 4.09. The van der Waals surface area contributed by atoms with E-state index in [0.717, 1.165) is 0 Å². The molecule has 0 aliphatic carbocycles. The lowest BCUT2D eigenvalue weighted by atomic mass is 10.2. The molecule has 2 N–H and O–H groups in total. The van der Waals surface area contributed by atoms with Crippen LogP contribution in [-0.4, -0.2) is 37.4 Å². The number of para-hydroxylation sites is 1. The van der Waals surface area contributed by atoms with Crippen molar-refractivity contribution < 1.29 is 23.4 Å². The summed E-state index contributed by atoms with van der Waals surface area (Å²) >= 11 is 0. The molecule has 1 aromatic heterocycles. The van der Waals surface area contributed by atoms with Crippen molar-refractivity contribution in [2.24, 2.45) is 0 Å². The summed E-state index contributed by atoms with van der Waals surface area (Å²) in [6.07, 6.45) is -0.796. The topological polar surface area (TPSA) is 71.7 Å². The number of hydrogen-bond donors (Lipinski definition) is 2. The number of halogens is 1. The van der Waals surface area contributed by atoms with Gasteiger partial charge in [-0.2, -0.15) is 0 Å². The van der Waals surface area contributed by atoms with Gasteiger partial charge < -0.3 is 19.6 Å². The number of benzene rings is 1. The Morgan fingerprint density at radius 1 is 1.58 bits per heavy atom. The van der Waals surface area contributed by atoms with Gasteiger partial charge in [-0.15, -0.1) is 0 Å². The van der Waals surface area contributed by atoms with Crippen molar-refractivity contribution in [2.45, 2.75) is 6.10 Å². The second kappa shape index (κ2) is 5.81. The molecule has 2 aromatic rings. The van der Waals surface area contributed by atoms with Gasteiger partial charge >= 0.3 is 0 Å². The molecule has 0 spiro atoms. The van der Waals surface area contributed by atoms with Crippen molar-refractivity contribution in [2.75, 3.05) is 20.3 Å². The molecule has 1 heterocycles. The van der Waals surface area contributed by atoms with Crippen molar-refractivity contribution in [3.05, 3.63) is 35.8 Å². The zero-order valence-corrected chi connectivity index (χ0v) is 10.4. The average Bonchev–Trinajstić information content (AvgIpc) is 2.82. The number of hydrogen-bond acceptors (Lipinski definition) is 4. The van der Waals surface area contributed by atoms with Crippen LogP contribution in [0.4, 0.5) is 4.39 Å². The van der Waals surface area contributed by atoms with Gasteiger partial charge in [0.25, 0.3) is 5.91 Å². The molecule has 102 valence electrons. The molecule has 0 saturated heterocycles. The van der Waals surface area contributed by atoms with E-state index < -0.39 is 17.8 Å². The largest absolute Gasteiger partial charge is 0.448 e. The van der Waals surface area contributed by atoms with Gasteiger partial charge in [-0.1, -0.05) is 12.1 Å². The summed E-state index contributed by atoms with van der Waals surface area (Å²) < 4.78 is 23.3. The first-order chi connectivity index (χ1) is 9.11. The molecule has 0 aliphatic rings. The molecule has 1 amide bonds. The summed E-state index contributed by atoms with van der Waals surface area (Å²) in [7, 11) is 1.45. The highest BCUT2D eigenvalue weighted by atomic mass is 19.1. The van der Waals surface area contributed by atoms with Crippen LogP contribution in [0.3, 0.4) is 0 Å². The van der Waals surface area contributed by atoms with Crippen LogP contribution in [-0.2, 0) is 4.74 Å². The smallest absolute Gasteiger partial charge is 0.287 e. The van der Waals surface area contributed by atoms with Crippen LogP contribution in [0.5, 0.6) is 0 Å². The van der Waals surface area contributed by atoms with Gasteiger partial charge in [0.05, 0.1) is 12.7 Å². The number of aliphatic hydroxyl groups excluding tert-OH is 1. The maximum atomic E-state index is 13.4. The predicted molar refractivity (Wildman–Crippen MR) is 66.4 cm³/mol. The van der Waals surface area contributed by atoms with Gasteiger partial charge in [0.2, 0.25) is 0 Å². The van der Waals surface area contributed by atoms with Crippen LogP contribution in [0.2, 0.25) is 0 Å². The number of amides is 1. The molecule has 0 aliphatic heterocycles. The standard InChI is InChI=1S/C13H14FNO4/c1-18-7-9(16)6-15-13(17)11-5-8-3-2-4-10(14)12(8)19-11/h2-5,9,16H,6-7H2,1H3,(H,15,17). The van der Waals surface area contributed by atoms with Gasteiger partial charge in [0, 0.05) is 19.0 Å². The molecule has 0 radical (unpaired) electrons. The summed E-state index contributed by atoms with van der Waals surface area (Å²) in [5.41, 5.74) is 0.0464. The van der Waals surface area contributed by atoms with E-state index in [4.69, 9.17) is 9.15 Å². The highest BCUT2D eigenvalue weighted by molar-refractivity contribution is 5.96. The summed E-state index contributed by atoms with van der Waals surface area (Å²) in [4.78, 5) is 11.8. The van der Waals surface area contributed by atoms with E-state index in [1.165, 1.54) is 25.3 Å². The minimum absolute atomic E-state index is 0.00437. The zero-order chi connectivity index (χ0) is 13.8. The molecule has 1 unspecified atom stereocenters. The Labute approximate surface area is 109 Å². The number of rotatable bonds is 5. The van der Waals surface area contributed by atoms with Crippen molar-refractivity contribution in [1.82, 2.24) is 5.32 Å². The quantitative estimate of drug-likeness (QED) is 0.856. The van der Waals surface area contributed by atoms with Gasteiger partial charge in [-0.05, 0) is 12.1 Å². The van der Waals surface area contributed by atoms with E-state index in [0.29, 0.717) is 5.39 Å². The molecule has 19 heavy (non-hydrogen) atoms. The maximum absolute atomic E-state index is 13.4. The summed E-state index contributed by atoms with van der Waals surface area (Å²) in [5.74, 6) is -1.02. The summed E-state index contributed by atoms with van der Waals surface area (Å²) in [5, 5.41) is 12.4. The van der Waals surface area contributed by atoms with Crippen molar-refractivity contribution in [3.8, 4) is 0 Å². The number of carbonyl (C=O) groups excluding carboxylic acids is 1. The second-order valence-corrected chi connectivity index (χ2v) is 4.09. The SMILES string of the molecule is COCC(O)CNC(=O)c1cc2cccc(F)c2o1. The fraction of sp³-hybridized carbons (Fsp3) is 0.308. The molecular formula is C13H14FNO4. The Bertz CT molecular complexity index is 581. The minimum Gasteiger partial charge on any atom is -0.448 e. The summed E-state index contributed by atoms with van der Waals surface area (Å²) in [6, 6.07) is 5.90. The van der Waals surface area contributed by atoms with Gasteiger partial charge in [-0.25, -0.2) is 4.39 Å². The molecule has 0 fully saturated rings. The normalized spacial score (nSPS) is 12.6. The van der Waals surface area contributed by atoms with E-state index in [1.807, 2.05) is 0 Å². The average molecular weight is 267 g/mol. The van der Waals surface area contributed by atoms with Gasteiger partial charge in [-0.3, -0.25) is 4.79 Å². The van der Waals surface area contributed by atoms with E-state index in [2.05, 4.69) is 5.32 Å². The van der Waals surface area contributed by atoms with E-state index in [9.17, 15) is 14.3 Å². The first-order valence-electron chi connectivity index (χ1n) is 5.75. The number of ether oxygens (including phenoxy) is 1. The zero-order valence-electron chi connectivity index (χ0n) is 10.4. The number of aliphatic hydroxyl groups is 1. The van der Waals surface area contributed by atoms with Crippen LogP contribution >= 0.6 is 0 Å². The highest BCUT2D eigenvalue weighted by Gasteiger charge is 2.15. The van der Waals surface area contributed by atoms with Crippen molar-refractivity contribution in [1.29, 1.82) is 0 Å². The van der Waals surface area contributed by atoms with Gasteiger partial charge in [0.1, 0.15) is 0 Å². The molecule has 5 nitrogen and oxygen atoms in total. The van der Waals surface area contributed by atoms with E-state index in [-0.39, 0.29) is 24.5 Å². The molecule has 0 bridgehead atoms. The molecule has 0 saturated carbocycles. The fourth-order valence-electron chi connectivity index (χ4n) is 1.69. The van der Waals surface area contributed by atoms with Crippen LogP contribution in [0, 0.1) is 5.82 Å². The van der Waals surface area contributed by atoms with Crippen molar-refractivity contribution in [3.63, 3.8) is 0 Å². The first kappa shape index (κ1) is 13.5. The molecular weight excluding hydrogens is 253 g/mol. The third-order valence-electron chi connectivity index (χ3n) is 2.58. The van der Waals surface area contributed by atoms with Crippen LogP contribution in [0.25, 0.3) is 11.0 Å². The lowest BCUT2D eigenvalue weighted by molar-refractivity contribution is 0.0603. The van der Waals surface area contributed by atoms with Crippen LogP contribution in [0.15, 0.2) is 28.7 Å². The maximum Gasteiger partial charge on any atom is 0.287 e. The number of methoxy groups -OCH3 is 1. The Morgan fingerprint density at radius 2 is 2.37 bits per heavy atom. The van der Waals surface area contributed by atoms with E-state index in [1.54, 1.807) is 6.07 Å². The Balaban J connectivity index is 2.07. The monoisotopic (exact) mass is 267 g/mol. The molecule has 6 heteroatoms. The highest BCUT2D eigenvalue weighted by Crippen LogP contribution is 2.21. The van der Waals surface area contributed by atoms with E-state index >= 15 is 0 Å². The Kier molecular flexibility index (Phi) is 4.13. The Hall–Kier alpha value is -1.92. The van der Waals surface area contributed by atoms with Crippen LogP contribution < -0.4 is 5.32 Å². The number of fused-ring (bicyclic) bond motifs is 1. The third kappa shape index (κ3) is 3.10. The number of nitrogens with one attached hydrogen (secondary N) is 1. The lowest BCUT2D eigenvalue weighted by Crippen LogP contribution is -2.34. The fourth-order valence-corrected chi connectivity index (χ4v) is 1.69. The molecule has 1 atom stereocenters. The number of furan rings is 1.